The lowest BCUT2D eigenvalue weighted by atomic mass is 10.1. The van der Waals surface area contributed by atoms with Gasteiger partial charge in [0.1, 0.15) is 45.8 Å². The van der Waals surface area contributed by atoms with Crippen LogP contribution in [0.2, 0.25) is 0 Å². The molecule has 0 fully saturated rings. The molecule has 12 heterocycles. The number of aromatic nitrogens is 12. The van der Waals surface area contributed by atoms with Crippen molar-refractivity contribution in [2.75, 3.05) is 20.4 Å². The van der Waals surface area contributed by atoms with Crippen LogP contribution in [-0.4, -0.2) is 125 Å². The third-order valence-corrected chi connectivity index (χ3v) is 18.0. The van der Waals surface area contributed by atoms with E-state index in [1.807, 2.05) is 70.1 Å². The minimum Gasteiger partial charge on any atom is -0.443 e. The van der Waals surface area contributed by atoms with Gasteiger partial charge in [0.15, 0.2) is 0 Å². The lowest BCUT2D eigenvalue weighted by Gasteiger charge is -2.26. The first kappa shape index (κ1) is 79.8. The topological polar surface area (TPSA) is 447 Å². The summed E-state index contributed by atoms with van der Waals surface area (Å²) in [6.45, 7) is 15.1. The van der Waals surface area contributed by atoms with Gasteiger partial charge in [0.2, 0.25) is 23.6 Å². The maximum Gasteiger partial charge on any atom is 0.421 e. The fourth-order valence-corrected chi connectivity index (χ4v) is 13.0. The Kier molecular flexibility index (Phi) is 21.9. The number of non-ortho nitro benzene ring substituents is 2. The molecule has 0 aliphatic heterocycles. The first-order valence-electron chi connectivity index (χ1n) is 35.8. The molecule has 0 atom stereocenters. The number of carbonyl (C=O) groups excluding carboxylic acids is 6. The fraction of sp³-hybridized carbons (Fsp3) is 0.146. The summed E-state index contributed by atoms with van der Waals surface area (Å²) >= 11 is 0. The molecule has 0 aliphatic rings. The van der Waals surface area contributed by atoms with Crippen molar-refractivity contribution in [2.45, 2.75) is 80.4 Å². The summed E-state index contributed by atoms with van der Waals surface area (Å²) in [5.74, 6) is 0.103. The lowest BCUT2D eigenvalue weighted by molar-refractivity contribution is -0.384. The predicted octanol–water partition coefficient (Wildman–Crippen LogP) is 16.4. The van der Waals surface area contributed by atoms with Crippen molar-refractivity contribution in [1.29, 1.82) is 0 Å². The summed E-state index contributed by atoms with van der Waals surface area (Å²) in [6.07, 6.45) is 25.0. The molecule has 36 nitrogen and oxygen atoms in total. The van der Waals surface area contributed by atoms with E-state index in [0.29, 0.717) is 71.6 Å². The van der Waals surface area contributed by atoms with Crippen LogP contribution < -0.4 is 20.4 Å². The molecule has 4 aromatic carbocycles. The van der Waals surface area contributed by atoms with Gasteiger partial charge in [-0.05, 0) is 139 Å². The van der Waals surface area contributed by atoms with Crippen molar-refractivity contribution >= 4 is 168 Å². The highest BCUT2D eigenvalue weighted by atomic mass is 16.6. The number of carbonyl (C=O) groups is 6. The third kappa shape index (κ3) is 16.6. The molecule has 2 N–H and O–H groups in total. The molecule has 0 spiro atoms. The van der Waals surface area contributed by atoms with Crippen molar-refractivity contribution in [3.8, 4) is 23.3 Å². The van der Waals surface area contributed by atoms with Gasteiger partial charge in [0, 0.05) is 186 Å². The second kappa shape index (κ2) is 32.4. The number of nitrogens with zero attached hydrogens (tertiary/aromatic N) is 18. The van der Waals surface area contributed by atoms with Crippen LogP contribution in [0.25, 0.3) is 110 Å². The van der Waals surface area contributed by atoms with E-state index in [1.165, 1.54) is 81.8 Å². The number of rotatable bonds is 12. The zero-order valence-corrected chi connectivity index (χ0v) is 64.4. The highest BCUT2D eigenvalue weighted by Crippen LogP contribution is 2.41. The monoisotopic (exact) mass is 1590 g/mol. The number of nitro benzene ring substituents is 4. The molecule has 0 bridgehead atoms. The summed E-state index contributed by atoms with van der Waals surface area (Å²) < 4.78 is 18.0. The SMILES string of the molecule is CC(=O)N(C(=O)OC(C)(C)C)c1c([N+](=O)[O-])ccc2cnc(-n3ccc4ccncc43)cc12.CC(=O)N(C(=O)OC(C)(C)C)c1ccc([N+](=O)[O-])c2cnc(-n3ccc4ccncc43)cc12.CC(=O)Nc1c([N+](=O)[O-])ccc2cnc(-n3ccc4ccncc43)cc12.CC(=O)Nc1ccc([N+](=O)[O-])c2cnc(-n3ccc4ccncc43)cc12. The van der Waals surface area contributed by atoms with Crippen LogP contribution in [0.1, 0.15) is 69.2 Å². The normalized spacial score (nSPS) is 11.3. The lowest BCUT2D eigenvalue weighted by Crippen LogP contribution is -2.40. The second-order valence-corrected chi connectivity index (χ2v) is 28.4. The zero-order chi connectivity index (χ0) is 84.3. The number of hydrogen-bond donors (Lipinski definition) is 2. The molecule has 0 unspecified atom stereocenters. The number of ether oxygens (including phenoxy) is 2. The number of pyridine rings is 8. The van der Waals surface area contributed by atoms with Gasteiger partial charge in [-0.1, -0.05) is 0 Å². The van der Waals surface area contributed by atoms with E-state index < -0.39 is 60.6 Å². The van der Waals surface area contributed by atoms with Gasteiger partial charge >= 0.3 is 12.2 Å². The van der Waals surface area contributed by atoms with Gasteiger partial charge in [0.05, 0.1) is 83.0 Å². The largest absolute Gasteiger partial charge is 0.443 e. The van der Waals surface area contributed by atoms with Gasteiger partial charge in [-0.2, -0.15) is 0 Å². The molecule has 36 heteroatoms. The molecule has 6 amide bonds. The number of fused-ring (bicyclic) bond motifs is 8. The number of nitrogens with one attached hydrogen (secondary N) is 2. The van der Waals surface area contributed by atoms with Crippen LogP contribution in [0, 0.1) is 40.5 Å². The average Bonchev–Trinajstić information content (AvgIpc) is 1.04. The minimum atomic E-state index is -1.00. The quantitative estimate of drug-likeness (QED) is 0.0847. The number of hydrogen-bond acceptors (Lipinski definition) is 24. The average molecular weight is 1590 g/mol. The van der Waals surface area contributed by atoms with Crippen molar-refractivity contribution < 1.29 is 57.9 Å². The summed E-state index contributed by atoms with van der Waals surface area (Å²) in [7, 11) is 0. The molecule has 0 radical (unpaired) electrons. The van der Waals surface area contributed by atoms with Crippen molar-refractivity contribution in [2.24, 2.45) is 0 Å². The molecule has 16 aromatic rings. The van der Waals surface area contributed by atoms with E-state index in [9.17, 15) is 69.2 Å². The molecule has 118 heavy (non-hydrogen) atoms. The Balaban J connectivity index is 0.000000137. The van der Waals surface area contributed by atoms with Crippen LogP contribution in [0.4, 0.5) is 55.1 Å². The Labute approximate surface area is 666 Å². The van der Waals surface area contributed by atoms with Crippen molar-refractivity contribution in [3.05, 3.63) is 261 Å². The molecular weight excluding hydrogens is 1520 g/mol. The molecule has 16 rings (SSSR count). The van der Waals surface area contributed by atoms with Gasteiger partial charge in [-0.25, -0.2) is 39.3 Å². The maximum atomic E-state index is 12.9. The summed E-state index contributed by atoms with van der Waals surface area (Å²) in [6, 6.07) is 33.0. The van der Waals surface area contributed by atoms with Gasteiger partial charge in [-0.15, -0.1) is 0 Å². The third-order valence-electron chi connectivity index (χ3n) is 18.0. The first-order chi connectivity index (χ1) is 56.2. The summed E-state index contributed by atoms with van der Waals surface area (Å²) in [4.78, 5) is 154. The van der Waals surface area contributed by atoms with Crippen molar-refractivity contribution in [3.63, 3.8) is 0 Å². The molecular formula is C82H68N20O16. The van der Waals surface area contributed by atoms with Gasteiger partial charge < -0.3 is 20.1 Å². The fourth-order valence-electron chi connectivity index (χ4n) is 13.0. The highest BCUT2D eigenvalue weighted by molar-refractivity contribution is 6.20. The first-order valence-corrected chi connectivity index (χ1v) is 35.8. The van der Waals surface area contributed by atoms with Crippen LogP contribution in [-0.2, 0) is 28.7 Å². The molecule has 0 saturated carbocycles. The van der Waals surface area contributed by atoms with E-state index in [1.54, 1.807) is 149 Å². The van der Waals surface area contributed by atoms with Gasteiger partial charge in [0.25, 0.3) is 22.7 Å². The minimum absolute atomic E-state index is 0.0628. The molecule has 0 aliphatic carbocycles. The van der Waals surface area contributed by atoms with E-state index in [0.717, 1.165) is 55.4 Å². The summed E-state index contributed by atoms with van der Waals surface area (Å²) in [5, 5.41) is 58.8. The van der Waals surface area contributed by atoms with Gasteiger partial charge in [-0.3, -0.25) is 97.8 Å². The Morgan fingerprint density at radius 1 is 0.364 bits per heavy atom. The number of benzene rings is 4. The van der Waals surface area contributed by atoms with Crippen LogP contribution in [0.5, 0.6) is 0 Å². The molecule has 592 valence electrons. The van der Waals surface area contributed by atoms with Crippen LogP contribution in [0.3, 0.4) is 0 Å². The molecule has 12 aromatic heterocycles. The van der Waals surface area contributed by atoms with Crippen LogP contribution in [0.15, 0.2) is 220 Å². The van der Waals surface area contributed by atoms with Crippen LogP contribution >= 0.6 is 0 Å². The number of imide groups is 2. The smallest absolute Gasteiger partial charge is 0.421 e. The number of nitro groups is 4. The maximum absolute atomic E-state index is 12.9. The Hall–Kier alpha value is -16.3. The number of anilines is 4. The van der Waals surface area contributed by atoms with E-state index in [-0.39, 0.29) is 51.3 Å². The predicted molar refractivity (Wildman–Crippen MR) is 439 cm³/mol. The van der Waals surface area contributed by atoms with Crippen molar-refractivity contribution in [1.82, 2.24) is 58.1 Å². The Morgan fingerprint density at radius 2 is 0.712 bits per heavy atom. The molecule has 0 saturated heterocycles. The Bertz CT molecular complexity index is 6660. The standard InChI is InChI=1S/2C23H21N5O5.2C18H13N5O3/c1-14(29)27(22(30)33-23(2,3)4)18-5-6-19(28(31)32)17-12-25-21(11-16(17)18)26-10-8-15-7-9-24-13-20(15)26;1-14(29)27(22(30)33-23(2,3)4)21-17-11-20(25-12-16(17)5-6-18(21)28(31)32)26-10-8-15-7-9-24-13-19(15)26;1-11(24)21-15-2-3-16(23(25)26)14-9-20-18(8-13(14)15)22-7-5-12-4-6-19-10-17(12)22;1-11(24)21-18-14-8-17(20-9-13(14)2-3-15(18)23(25)26)22-7-5-12-4-6-19-10-16(12)22/h2*5-13H,1-4H3;2*2-10H,1H3,(H,21,24). The second-order valence-electron chi connectivity index (χ2n) is 28.4. The Morgan fingerprint density at radius 3 is 1.11 bits per heavy atom. The highest BCUT2D eigenvalue weighted by Gasteiger charge is 2.35. The van der Waals surface area contributed by atoms with E-state index in [2.05, 4.69) is 50.5 Å². The number of amides is 6. The van der Waals surface area contributed by atoms with E-state index >= 15 is 0 Å². The zero-order valence-electron chi connectivity index (χ0n) is 64.4. The van der Waals surface area contributed by atoms with E-state index in [4.69, 9.17) is 9.47 Å². The summed E-state index contributed by atoms with van der Waals surface area (Å²) in [5.41, 5.74) is 1.38.